The van der Waals surface area contributed by atoms with E-state index >= 15 is 0 Å². The number of rotatable bonds is 3. The zero-order valence-corrected chi connectivity index (χ0v) is 11.0. The van der Waals surface area contributed by atoms with Crippen molar-refractivity contribution in [2.45, 2.75) is 25.5 Å². The third-order valence-corrected chi connectivity index (χ3v) is 3.51. The molecule has 1 saturated heterocycles. The van der Waals surface area contributed by atoms with Crippen molar-refractivity contribution in [3.63, 3.8) is 0 Å². The van der Waals surface area contributed by atoms with Gasteiger partial charge in [0.15, 0.2) is 5.82 Å². The molecule has 2 aromatic rings. The largest absolute Gasteiger partial charge is 0.393 e. The van der Waals surface area contributed by atoms with E-state index in [1.165, 1.54) is 0 Å². The smallest absolute Gasteiger partial charge is 0.153 e. The number of nitrogens with zero attached hydrogens (tertiary/aromatic N) is 6. The minimum absolute atomic E-state index is 0.138. The maximum absolute atomic E-state index is 9.48. The fourth-order valence-electron chi connectivity index (χ4n) is 2.38. The Morgan fingerprint density at radius 3 is 2.84 bits per heavy atom. The van der Waals surface area contributed by atoms with Crippen LogP contribution in [-0.2, 0) is 13.6 Å². The highest BCUT2D eigenvalue weighted by Gasteiger charge is 2.18. The van der Waals surface area contributed by atoms with Gasteiger partial charge in [0.2, 0.25) is 0 Å². The topological polar surface area (TPSA) is 72.0 Å². The first-order chi connectivity index (χ1) is 9.22. The van der Waals surface area contributed by atoms with E-state index in [-0.39, 0.29) is 6.10 Å². The molecular formula is C12H18N6O. The highest BCUT2D eigenvalue weighted by molar-refractivity contribution is 5.19. The van der Waals surface area contributed by atoms with E-state index in [0.717, 1.165) is 44.0 Å². The Bertz CT molecular complexity index is 540. The van der Waals surface area contributed by atoms with Crippen LogP contribution >= 0.6 is 0 Å². The van der Waals surface area contributed by atoms with Gasteiger partial charge in [-0.2, -0.15) is 5.10 Å². The number of likely N-dealkylation sites (tertiary alicyclic amines) is 1. The van der Waals surface area contributed by atoms with Gasteiger partial charge in [0, 0.05) is 32.7 Å². The number of aliphatic hydroxyl groups excluding tert-OH is 1. The molecule has 2 aromatic heterocycles. The molecule has 0 aliphatic carbocycles. The number of hydrogen-bond donors (Lipinski definition) is 1. The van der Waals surface area contributed by atoms with Crippen LogP contribution < -0.4 is 0 Å². The lowest BCUT2D eigenvalue weighted by Gasteiger charge is -2.28. The summed E-state index contributed by atoms with van der Waals surface area (Å²) in [7, 11) is 1.88. The first-order valence-electron chi connectivity index (χ1n) is 6.52. The Hall–Kier alpha value is -1.73. The van der Waals surface area contributed by atoms with E-state index in [9.17, 15) is 5.11 Å². The molecule has 1 aliphatic rings. The van der Waals surface area contributed by atoms with Gasteiger partial charge in [-0.3, -0.25) is 9.58 Å². The van der Waals surface area contributed by atoms with Gasteiger partial charge in [-0.25, -0.2) is 4.68 Å². The maximum Gasteiger partial charge on any atom is 0.153 e. The van der Waals surface area contributed by atoms with Crippen LogP contribution in [0.4, 0.5) is 0 Å². The Labute approximate surface area is 111 Å². The molecule has 102 valence electrons. The van der Waals surface area contributed by atoms with Crippen LogP contribution in [0.1, 0.15) is 18.5 Å². The Balaban J connectivity index is 1.67. The summed E-state index contributed by atoms with van der Waals surface area (Å²) in [4.78, 5) is 2.30. The molecule has 19 heavy (non-hydrogen) atoms. The predicted octanol–water partition coefficient (Wildman–Crippen LogP) is -0.0425. The molecule has 0 amide bonds. The summed E-state index contributed by atoms with van der Waals surface area (Å²) in [6.45, 7) is 2.62. The van der Waals surface area contributed by atoms with Gasteiger partial charge in [-0.05, 0) is 12.8 Å². The van der Waals surface area contributed by atoms with E-state index in [0.29, 0.717) is 0 Å². The van der Waals surface area contributed by atoms with Gasteiger partial charge in [0.25, 0.3) is 0 Å². The van der Waals surface area contributed by atoms with Gasteiger partial charge in [0.1, 0.15) is 0 Å². The number of aryl methyl sites for hydroxylation is 1. The molecule has 0 aromatic carbocycles. The number of piperidine rings is 1. The van der Waals surface area contributed by atoms with Crippen LogP contribution in [0.25, 0.3) is 5.82 Å². The van der Waals surface area contributed by atoms with Gasteiger partial charge in [-0.15, -0.1) is 5.10 Å². The second-order valence-corrected chi connectivity index (χ2v) is 4.97. The van der Waals surface area contributed by atoms with Gasteiger partial charge >= 0.3 is 0 Å². The van der Waals surface area contributed by atoms with Crippen molar-refractivity contribution < 1.29 is 5.11 Å². The zero-order valence-electron chi connectivity index (χ0n) is 11.0. The van der Waals surface area contributed by atoms with E-state index in [2.05, 4.69) is 20.3 Å². The van der Waals surface area contributed by atoms with Crippen LogP contribution in [0.5, 0.6) is 0 Å². The second-order valence-electron chi connectivity index (χ2n) is 4.97. The molecule has 7 heteroatoms. The number of aromatic nitrogens is 5. The first-order valence-corrected chi connectivity index (χ1v) is 6.52. The molecule has 1 fully saturated rings. The van der Waals surface area contributed by atoms with E-state index in [1.807, 2.05) is 19.3 Å². The van der Waals surface area contributed by atoms with Crippen LogP contribution in [-0.4, -0.2) is 54.0 Å². The van der Waals surface area contributed by atoms with Crippen LogP contribution in [0.3, 0.4) is 0 Å². The lowest BCUT2D eigenvalue weighted by molar-refractivity contribution is 0.0786. The normalized spacial score (nSPS) is 18.0. The zero-order chi connectivity index (χ0) is 13.2. The molecule has 3 heterocycles. The molecule has 0 radical (unpaired) electrons. The maximum atomic E-state index is 9.48. The SMILES string of the molecule is Cn1nccc1-n1cc(CN2CCC(O)CC2)nn1. The fraction of sp³-hybridized carbons (Fsp3) is 0.583. The highest BCUT2D eigenvalue weighted by Crippen LogP contribution is 2.13. The lowest BCUT2D eigenvalue weighted by Crippen LogP contribution is -2.35. The quantitative estimate of drug-likeness (QED) is 0.840. The molecule has 0 bridgehead atoms. The van der Waals surface area contributed by atoms with Crippen molar-refractivity contribution in [3.8, 4) is 5.82 Å². The monoisotopic (exact) mass is 262 g/mol. The summed E-state index contributed by atoms with van der Waals surface area (Å²) in [5.41, 5.74) is 0.942. The molecule has 3 rings (SSSR count). The highest BCUT2D eigenvalue weighted by atomic mass is 16.3. The summed E-state index contributed by atoms with van der Waals surface area (Å²) in [6, 6.07) is 1.90. The predicted molar refractivity (Wildman–Crippen MR) is 68.6 cm³/mol. The van der Waals surface area contributed by atoms with Crippen molar-refractivity contribution in [1.29, 1.82) is 0 Å². The Kier molecular flexibility index (Phi) is 3.31. The number of aliphatic hydroxyl groups is 1. The minimum Gasteiger partial charge on any atom is -0.393 e. The van der Waals surface area contributed by atoms with Crippen molar-refractivity contribution in [2.75, 3.05) is 13.1 Å². The lowest BCUT2D eigenvalue weighted by atomic mass is 10.1. The third kappa shape index (κ3) is 2.66. The van der Waals surface area contributed by atoms with Gasteiger partial charge in [-0.1, -0.05) is 5.21 Å². The van der Waals surface area contributed by atoms with Crippen LogP contribution in [0.15, 0.2) is 18.5 Å². The Morgan fingerprint density at radius 1 is 1.37 bits per heavy atom. The fourth-order valence-corrected chi connectivity index (χ4v) is 2.38. The van der Waals surface area contributed by atoms with Crippen LogP contribution in [0.2, 0.25) is 0 Å². The molecule has 0 spiro atoms. The molecule has 0 atom stereocenters. The average molecular weight is 262 g/mol. The third-order valence-electron chi connectivity index (χ3n) is 3.51. The Morgan fingerprint density at radius 2 is 2.16 bits per heavy atom. The summed E-state index contributed by atoms with van der Waals surface area (Å²) in [6.07, 6.45) is 5.22. The van der Waals surface area contributed by atoms with Gasteiger partial charge < -0.3 is 5.11 Å². The molecule has 7 nitrogen and oxygen atoms in total. The summed E-state index contributed by atoms with van der Waals surface area (Å²) >= 11 is 0. The van der Waals surface area contributed by atoms with Crippen LogP contribution in [0, 0.1) is 0 Å². The van der Waals surface area contributed by atoms with Crippen molar-refractivity contribution in [3.05, 3.63) is 24.2 Å². The molecular weight excluding hydrogens is 244 g/mol. The van der Waals surface area contributed by atoms with Crippen molar-refractivity contribution in [2.24, 2.45) is 7.05 Å². The second kappa shape index (κ2) is 5.10. The molecule has 1 aliphatic heterocycles. The summed E-state index contributed by atoms with van der Waals surface area (Å²) in [5.74, 6) is 0.896. The van der Waals surface area contributed by atoms with E-state index in [1.54, 1.807) is 15.6 Å². The van der Waals surface area contributed by atoms with Gasteiger partial charge in [0.05, 0.1) is 24.2 Å². The summed E-state index contributed by atoms with van der Waals surface area (Å²) < 4.78 is 3.50. The standard InChI is InChI=1S/C12H18N6O/c1-16-12(2-5-13-16)18-9-10(14-15-18)8-17-6-3-11(19)4-7-17/h2,5,9,11,19H,3-4,6-8H2,1H3. The first kappa shape index (κ1) is 12.3. The minimum atomic E-state index is -0.138. The van der Waals surface area contributed by atoms with Crippen molar-refractivity contribution >= 4 is 0 Å². The van der Waals surface area contributed by atoms with E-state index in [4.69, 9.17) is 0 Å². The number of hydrogen-bond acceptors (Lipinski definition) is 5. The molecule has 0 saturated carbocycles. The molecule has 0 unspecified atom stereocenters. The summed E-state index contributed by atoms with van der Waals surface area (Å²) in [5, 5.41) is 21.9. The van der Waals surface area contributed by atoms with Crippen molar-refractivity contribution in [1.82, 2.24) is 29.7 Å². The van der Waals surface area contributed by atoms with E-state index < -0.39 is 0 Å². The molecule has 1 N–H and O–H groups in total. The average Bonchev–Trinajstić information content (AvgIpc) is 3.01.